The van der Waals surface area contributed by atoms with Crippen LogP contribution in [0.3, 0.4) is 0 Å². The predicted octanol–water partition coefficient (Wildman–Crippen LogP) is 4.83. The van der Waals surface area contributed by atoms with Gasteiger partial charge in [0.2, 0.25) is 0 Å². The summed E-state index contributed by atoms with van der Waals surface area (Å²) in [7, 11) is 0. The Kier molecular flexibility index (Phi) is 7.35. The highest BCUT2D eigenvalue weighted by Gasteiger charge is 2.17. The molecule has 0 atom stereocenters. The van der Waals surface area contributed by atoms with Crippen molar-refractivity contribution >= 4 is 0 Å². The Balaban J connectivity index is 1.42. The largest absolute Gasteiger partial charge is 0.328 e. The average Bonchev–Trinajstić information content (AvgIpc) is 3.55. The van der Waals surface area contributed by atoms with E-state index < -0.39 is 0 Å². The number of imidazole rings is 1. The van der Waals surface area contributed by atoms with E-state index in [0.29, 0.717) is 18.9 Å². The standard InChI is InChI=1S/C29H31N7O/c1-3-4-14-27-21(2)35(18-17-22-10-6-5-7-11-22)29(37)36(27)20-23-15-16-26(30-19-23)24-12-8-9-13-25(24)28-31-33-34-32-28/h5-13,15-16,19H,3-4,14,17-18,20H2,1-2H3,(H,31,32,33,34). The van der Waals surface area contributed by atoms with E-state index >= 15 is 0 Å². The van der Waals surface area contributed by atoms with Crippen LogP contribution in [0.2, 0.25) is 0 Å². The van der Waals surface area contributed by atoms with Gasteiger partial charge in [-0.15, -0.1) is 5.10 Å². The van der Waals surface area contributed by atoms with E-state index in [1.807, 2.05) is 69.9 Å². The van der Waals surface area contributed by atoms with E-state index in [1.54, 1.807) is 0 Å². The lowest BCUT2D eigenvalue weighted by molar-refractivity contribution is 0.620. The Morgan fingerprint density at radius 3 is 2.35 bits per heavy atom. The highest BCUT2D eigenvalue weighted by Crippen LogP contribution is 2.28. The minimum Gasteiger partial charge on any atom is -0.296 e. The number of aromatic nitrogens is 7. The molecule has 0 radical (unpaired) electrons. The van der Waals surface area contributed by atoms with E-state index in [-0.39, 0.29) is 5.69 Å². The molecule has 0 aliphatic rings. The van der Waals surface area contributed by atoms with Gasteiger partial charge in [0.25, 0.3) is 0 Å². The van der Waals surface area contributed by atoms with Crippen molar-refractivity contribution < 1.29 is 0 Å². The SMILES string of the molecule is CCCCc1c(C)n(CCc2ccccc2)c(=O)n1Cc1ccc(-c2ccccc2-c2nnn[nH]2)nc1. The van der Waals surface area contributed by atoms with Crippen molar-refractivity contribution in [2.45, 2.75) is 52.6 Å². The number of nitrogens with one attached hydrogen (secondary N) is 1. The minimum absolute atomic E-state index is 0.0479. The summed E-state index contributed by atoms with van der Waals surface area (Å²) in [6, 6.07) is 22.3. The maximum atomic E-state index is 13.5. The molecule has 0 spiro atoms. The molecule has 0 fully saturated rings. The minimum atomic E-state index is 0.0479. The van der Waals surface area contributed by atoms with Crippen LogP contribution in [0.25, 0.3) is 22.6 Å². The zero-order valence-corrected chi connectivity index (χ0v) is 21.3. The Morgan fingerprint density at radius 1 is 0.865 bits per heavy atom. The van der Waals surface area contributed by atoms with Gasteiger partial charge in [-0.2, -0.15) is 0 Å². The molecule has 3 heterocycles. The quantitative estimate of drug-likeness (QED) is 0.301. The molecule has 8 heteroatoms. The van der Waals surface area contributed by atoms with Crippen molar-refractivity contribution in [3.8, 4) is 22.6 Å². The van der Waals surface area contributed by atoms with E-state index in [1.165, 1.54) is 5.56 Å². The summed E-state index contributed by atoms with van der Waals surface area (Å²) in [5.41, 5.74) is 7.10. The van der Waals surface area contributed by atoms with Crippen molar-refractivity contribution in [1.82, 2.24) is 34.7 Å². The van der Waals surface area contributed by atoms with Gasteiger partial charge in [-0.1, -0.05) is 74.0 Å². The molecule has 0 amide bonds. The molecule has 2 aromatic carbocycles. The first-order chi connectivity index (χ1) is 18.2. The first-order valence-corrected chi connectivity index (χ1v) is 12.8. The highest BCUT2D eigenvalue weighted by molar-refractivity contribution is 5.78. The van der Waals surface area contributed by atoms with Crippen LogP contribution >= 0.6 is 0 Å². The molecule has 0 aliphatic carbocycles. The molecule has 1 N–H and O–H groups in total. The number of benzene rings is 2. The first-order valence-electron chi connectivity index (χ1n) is 12.8. The molecule has 37 heavy (non-hydrogen) atoms. The molecule has 0 saturated carbocycles. The maximum absolute atomic E-state index is 13.5. The fourth-order valence-corrected chi connectivity index (χ4v) is 4.77. The zero-order valence-electron chi connectivity index (χ0n) is 21.3. The van der Waals surface area contributed by atoms with E-state index in [9.17, 15) is 4.79 Å². The number of aromatic amines is 1. The summed E-state index contributed by atoms with van der Waals surface area (Å²) in [5, 5.41) is 14.3. The van der Waals surface area contributed by atoms with Gasteiger partial charge < -0.3 is 0 Å². The number of hydrogen-bond donors (Lipinski definition) is 1. The normalized spacial score (nSPS) is 11.2. The van der Waals surface area contributed by atoms with Crippen LogP contribution in [0.1, 0.15) is 42.3 Å². The number of nitrogens with zero attached hydrogens (tertiary/aromatic N) is 6. The number of aryl methyl sites for hydroxylation is 1. The zero-order chi connectivity index (χ0) is 25.6. The van der Waals surface area contributed by atoms with Crippen LogP contribution < -0.4 is 5.69 Å². The molecule has 3 aromatic heterocycles. The summed E-state index contributed by atoms with van der Waals surface area (Å²) in [5.74, 6) is 0.598. The van der Waals surface area contributed by atoms with Gasteiger partial charge in [-0.3, -0.25) is 14.1 Å². The second kappa shape index (κ2) is 11.2. The predicted molar refractivity (Wildman–Crippen MR) is 144 cm³/mol. The van der Waals surface area contributed by atoms with E-state index in [2.05, 4.69) is 46.6 Å². The van der Waals surface area contributed by atoms with E-state index in [0.717, 1.165) is 59.5 Å². The third kappa shape index (κ3) is 5.28. The van der Waals surface area contributed by atoms with Gasteiger partial charge in [-0.05, 0) is 53.8 Å². The lowest BCUT2D eigenvalue weighted by Gasteiger charge is -2.10. The Hall–Kier alpha value is -4.33. The summed E-state index contributed by atoms with van der Waals surface area (Å²) < 4.78 is 3.86. The maximum Gasteiger partial charge on any atom is 0.328 e. The van der Waals surface area contributed by atoms with Gasteiger partial charge >= 0.3 is 5.69 Å². The lowest BCUT2D eigenvalue weighted by Crippen LogP contribution is -2.26. The fourth-order valence-electron chi connectivity index (χ4n) is 4.77. The third-order valence-electron chi connectivity index (χ3n) is 6.81. The second-order valence-corrected chi connectivity index (χ2v) is 9.24. The molecule has 188 valence electrons. The number of unbranched alkanes of at least 4 members (excludes halogenated alkanes) is 1. The van der Waals surface area contributed by atoms with Gasteiger partial charge in [-0.25, -0.2) is 9.89 Å². The Morgan fingerprint density at radius 2 is 1.65 bits per heavy atom. The fraction of sp³-hybridized carbons (Fsp3) is 0.276. The second-order valence-electron chi connectivity index (χ2n) is 9.24. The van der Waals surface area contributed by atoms with Crippen LogP contribution in [-0.2, 0) is 25.9 Å². The number of H-pyrrole nitrogens is 1. The number of pyridine rings is 1. The molecule has 5 aromatic rings. The van der Waals surface area contributed by atoms with Crippen LogP contribution in [0.5, 0.6) is 0 Å². The molecule has 5 rings (SSSR count). The smallest absolute Gasteiger partial charge is 0.296 e. The summed E-state index contributed by atoms with van der Waals surface area (Å²) in [4.78, 5) is 18.3. The van der Waals surface area contributed by atoms with Crippen molar-refractivity contribution in [1.29, 1.82) is 0 Å². The average molecular weight is 494 g/mol. The highest BCUT2D eigenvalue weighted by atomic mass is 16.1. The number of rotatable bonds is 10. The van der Waals surface area contributed by atoms with Crippen LogP contribution in [-0.4, -0.2) is 34.7 Å². The van der Waals surface area contributed by atoms with Gasteiger partial charge in [0.1, 0.15) is 0 Å². The summed E-state index contributed by atoms with van der Waals surface area (Å²) >= 11 is 0. The van der Waals surface area contributed by atoms with Crippen molar-refractivity contribution in [2.75, 3.05) is 0 Å². The van der Waals surface area contributed by atoms with Gasteiger partial charge in [0.15, 0.2) is 5.82 Å². The monoisotopic (exact) mass is 493 g/mol. The Bertz CT molecular complexity index is 1500. The van der Waals surface area contributed by atoms with Gasteiger partial charge in [0, 0.05) is 35.3 Å². The molecule has 8 nitrogen and oxygen atoms in total. The summed E-state index contributed by atoms with van der Waals surface area (Å²) in [6.45, 7) is 5.42. The summed E-state index contributed by atoms with van der Waals surface area (Å²) in [6.07, 6.45) is 5.71. The van der Waals surface area contributed by atoms with Crippen molar-refractivity contribution in [2.24, 2.45) is 0 Å². The topological polar surface area (TPSA) is 94.3 Å². The molecule has 0 saturated heterocycles. The molecule has 0 unspecified atom stereocenters. The number of tetrazole rings is 1. The van der Waals surface area contributed by atoms with Crippen LogP contribution in [0.15, 0.2) is 77.7 Å². The number of hydrogen-bond acceptors (Lipinski definition) is 5. The van der Waals surface area contributed by atoms with E-state index in [4.69, 9.17) is 4.98 Å². The lowest BCUT2D eigenvalue weighted by atomic mass is 10.0. The molecule has 0 aliphatic heterocycles. The molecular formula is C29H31N7O. The van der Waals surface area contributed by atoms with Crippen molar-refractivity contribution in [3.63, 3.8) is 0 Å². The van der Waals surface area contributed by atoms with Crippen LogP contribution in [0.4, 0.5) is 0 Å². The first kappa shape index (κ1) is 24.4. The Labute approximate surface area is 216 Å². The molecule has 0 bridgehead atoms. The van der Waals surface area contributed by atoms with Gasteiger partial charge in [0.05, 0.1) is 12.2 Å². The van der Waals surface area contributed by atoms with Crippen LogP contribution in [0, 0.1) is 6.92 Å². The molecular weight excluding hydrogens is 462 g/mol. The third-order valence-corrected chi connectivity index (χ3v) is 6.81. The van der Waals surface area contributed by atoms with Crippen molar-refractivity contribution in [3.05, 3.63) is 106 Å².